The molecule has 1 aliphatic carbocycles. The van der Waals surface area contributed by atoms with Crippen molar-refractivity contribution in [1.82, 2.24) is 5.32 Å². The van der Waals surface area contributed by atoms with E-state index in [1.165, 1.54) is 7.11 Å². The van der Waals surface area contributed by atoms with Gasteiger partial charge in [-0.15, -0.1) is 0 Å². The van der Waals surface area contributed by atoms with Crippen LogP contribution in [0.4, 0.5) is 5.69 Å². The summed E-state index contributed by atoms with van der Waals surface area (Å²) in [7, 11) is 1.30. The maximum atomic E-state index is 12.4. The van der Waals surface area contributed by atoms with Gasteiger partial charge in [0.05, 0.1) is 24.5 Å². The van der Waals surface area contributed by atoms with Gasteiger partial charge in [0.15, 0.2) is 11.5 Å². The fourth-order valence-corrected chi connectivity index (χ4v) is 3.22. The predicted molar refractivity (Wildman–Crippen MR) is 102 cm³/mol. The van der Waals surface area contributed by atoms with Crippen LogP contribution in [-0.2, 0) is 20.9 Å². The van der Waals surface area contributed by atoms with Crippen molar-refractivity contribution in [3.63, 3.8) is 0 Å². The van der Waals surface area contributed by atoms with E-state index in [1.54, 1.807) is 30.3 Å². The van der Waals surface area contributed by atoms with Gasteiger partial charge < -0.3 is 24.8 Å². The zero-order chi connectivity index (χ0) is 20.4. The van der Waals surface area contributed by atoms with E-state index in [9.17, 15) is 14.4 Å². The SMILES string of the molecule is COC(=O)c1cccc(NC(=O)C2CC2C(=O)NCc2ccc3c(c2)OCO3)c1. The molecule has 2 aromatic carbocycles. The molecule has 0 spiro atoms. The van der Waals surface area contributed by atoms with Crippen molar-refractivity contribution in [2.75, 3.05) is 19.2 Å². The van der Waals surface area contributed by atoms with Gasteiger partial charge in [0.2, 0.25) is 18.6 Å². The van der Waals surface area contributed by atoms with Gasteiger partial charge in [0.25, 0.3) is 0 Å². The fraction of sp³-hybridized carbons (Fsp3) is 0.286. The Morgan fingerprint density at radius 2 is 1.83 bits per heavy atom. The third kappa shape index (κ3) is 4.16. The monoisotopic (exact) mass is 396 g/mol. The molecule has 1 fully saturated rings. The molecule has 0 saturated heterocycles. The van der Waals surface area contributed by atoms with Crippen LogP contribution in [0, 0.1) is 11.8 Å². The van der Waals surface area contributed by atoms with Crippen LogP contribution >= 0.6 is 0 Å². The van der Waals surface area contributed by atoms with Crippen molar-refractivity contribution in [2.24, 2.45) is 11.8 Å². The average molecular weight is 396 g/mol. The van der Waals surface area contributed by atoms with E-state index in [0.717, 1.165) is 5.56 Å². The Balaban J connectivity index is 1.28. The Bertz CT molecular complexity index is 973. The van der Waals surface area contributed by atoms with Crippen molar-refractivity contribution in [1.29, 1.82) is 0 Å². The van der Waals surface area contributed by atoms with Crippen molar-refractivity contribution in [3.8, 4) is 11.5 Å². The summed E-state index contributed by atoms with van der Waals surface area (Å²) in [6, 6.07) is 12.0. The zero-order valence-corrected chi connectivity index (χ0v) is 15.8. The maximum Gasteiger partial charge on any atom is 0.337 e. The van der Waals surface area contributed by atoms with E-state index in [-0.39, 0.29) is 30.4 Å². The predicted octanol–water partition coefficient (Wildman–Crippen LogP) is 2.09. The molecule has 1 heterocycles. The minimum atomic E-state index is -0.478. The second-order valence-electron chi connectivity index (χ2n) is 6.92. The molecule has 2 aromatic rings. The van der Waals surface area contributed by atoms with Crippen LogP contribution in [0.2, 0.25) is 0 Å². The number of hydrogen-bond donors (Lipinski definition) is 2. The highest BCUT2D eigenvalue weighted by Crippen LogP contribution is 2.39. The summed E-state index contributed by atoms with van der Waals surface area (Å²) in [4.78, 5) is 36.3. The summed E-state index contributed by atoms with van der Waals surface area (Å²) in [5.74, 6) is -0.263. The first-order valence-electron chi connectivity index (χ1n) is 9.20. The van der Waals surface area contributed by atoms with Crippen LogP contribution in [-0.4, -0.2) is 31.7 Å². The van der Waals surface area contributed by atoms with Crippen molar-refractivity contribution < 1.29 is 28.6 Å². The number of anilines is 1. The Kier molecular flexibility index (Phi) is 5.07. The van der Waals surface area contributed by atoms with E-state index in [0.29, 0.717) is 35.7 Å². The van der Waals surface area contributed by atoms with E-state index in [1.807, 2.05) is 12.1 Å². The number of rotatable bonds is 6. The zero-order valence-electron chi connectivity index (χ0n) is 15.8. The first kappa shape index (κ1) is 18.8. The van der Waals surface area contributed by atoms with E-state index in [4.69, 9.17) is 9.47 Å². The van der Waals surface area contributed by atoms with E-state index >= 15 is 0 Å². The van der Waals surface area contributed by atoms with Gasteiger partial charge in [-0.25, -0.2) is 4.79 Å². The highest BCUT2D eigenvalue weighted by Gasteiger charge is 2.47. The Hall–Kier alpha value is -3.55. The molecule has 2 unspecified atom stereocenters. The normalized spacial score (nSPS) is 18.7. The van der Waals surface area contributed by atoms with Crippen LogP contribution in [0.1, 0.15) is 22.3 Å². The molecular formula is C21H20N2O6. The number of carbonyl (C=O) groups is 3. The molecule has 1 aliphatic heterocycles. The van der Waals surface area contributed by atoms with Crippen LogP contribution in [0.25, 0.3) is 0 Å². The molecule has 150 valence electrons. The fourth-order valence-electron chi connectivity index (χ4n) is 3.22. The van der Waals surface area contributed by atoms with Gasteiger partial charge in [-0.1, -0.05) is 12.1 Å². The van der Waals surface area contributed by atoms with Gasteiger partial charge >= 0.3 is 5.97 Å². The van der Waals surface area contributed by atoms with Crippen LogP contribution in [0.5, 0.6) is 11.5 Å². The molecule has 8 heteroatoms. The van der Waals surface area contributed by atoms with Gasteiger partial charge in [0, 0.05) is 12.2 Å². The van der Waals surface area contributed by atoms with Crippen molar-refractivity contribution >= 4 is 23.5 Å². The lowest BCUT2D eigenvalue weighted by molar-refractivity contribution is -0.125. The number of amides is 2. The van der Waals surface area contributed by atoms with Crippen molar-refractivity contribution in [3.05, 3.63) is 53.6 Å². The number of ether oxygens (including phenoxy) is 3. The molecule has 8 nitrogen and oxygen atoms in total. The molecule has 2 amide bonds. The smallest absolute Gasteiger partial charge is 0.337 e. The van der Waals surface area contributed by atoms with Crippen molar-refractivity contribution in [2.45, 2.75) is 13.0 Å². The average Bonchev–Trinajstić information content (AvgIpc) is 3.41. The van der Waals surface area contributed by atoms with E-state index in [2.05, 4.69) is 15.4 Å². The lowest BCUT2D eigenvalue weighted by Crippen LogP contribution is -2.27. The second kappa shape index (κ2) is 7.83. The van der Waals surface area contributed by atoms with Crippen LogP contribution in [0.15, 0.2) is 42.5 Å². The third-order valence-electron chi connectivity index (χ3n) is 4.92. The molecule has 2 N–H and O–H groups in total. The molecule has 1 saturated carbocycles. The lowest BCUT2D eigenvalue weighted by Gasteiger charge is -2.08. The van der Waals surface area contributed by atoms with Gasteiger partial charge in [-0.2, -0.15) is 0 Å². The first-order valence-corrected chi connectivity index (χ1v) is 9.20. The number of carbonyl (C=O) groups excluding carboxylic acids is 3. The number of esters is 1. The molecule has 4 rings (SSSR count). The summed E-state index contributed by atoms with van der Waals surface area (Å²) in [6.45, 7) is 0.550. The summed E-state index contributed by atoms with van der Waals surface area (Å²) in [5.41, 5.74) is 1.73. The standard InChI is InChI=1S/C21H20N2O6/c1-27-21(26)13-3-2-4-14(8-13)23-20(25)16-9-15(16)19(24)22-10-12-5-6-17-18(7-12)29-11-28-17/h2-8,15-16H,9-11H2,1H3,(H,22,24)(H,23,25). The molecule has 2 atom stereocenters. The Morgan fingerprint density at radius 1 is 1.03 bits per heavy atom. The summed E-state index contributed by atoms with van der Waals surface area (Å²) < 4.78 is 15.3. The van der Waals surface area contributed by atoms with E-state index < -0.39 is 5.97 Å². The summed E-state index contributed by atoms with van der Waals surface area (Å²) in [6.07, 6.45) is 0.496. The van der Waals surface area contributed by atoms with Crippen LogP contribution < -0.4 is 20.1 Å². The maximum absolute atomic E-state index is 12.4. The van der Waals surface area contributed by atoms with Gasteiger partial charge in [-0.05, 0) is 42.3 Å². The molecular weight excluding hydrogens is 376 g/mol. The van der Waals surface area contributed by atoms with Gasteiger partial charge in [-0.3, -0.25) is 9.59 Å². The molecule has 0 bridgehead atoms. The Labute approximate surface area is 167 Å². The largest absolute Gasteiger partial charge is 0.465 e. The number of nitrogens with one attached hydrogen (secondary N) is 2. The lowest BCUT2D eigenvalue weighted by atomic mass is 10.2. The first-order chi connectivity index (χ1) is 14.0. The van der Waals surface area contributed by atoms with Gasteiger partial charge in [0.1, 0.15) is 0 Å². The van der Waals surface area contributed by atoms with Crippen LogP contribution in [0.3, 0.4) is 0 Å². The number of benzene rings is 2. The molecule has 0 radical (unpaired) electrons. The third-order valence-corrected chi connectivity index (χ3v) is 4.92. The minimum absolute atomic E-state index is 0.161. The topological polar surface area (TPSA) is 103 Å². The molecule has 2 aliphatic rings. The minimum Gasteiger partial charge on any atom is -0.465 e. The number of methoxy groups -OCH3 is 1. The molecule has 0 aromatic heterocycles. The molecule has 29 heavy (non-hydrogen) atoms. The number of fused-ring (bicyclic) bond motifs is 1. The summed E-state index contributed by atoms with van der Waals surface area (Å²) >= 11 is 0. The summed E-state index contributed by atoms with van der Waals surface area (Å²) in [5, 5.41) is 5.61. The quantitative estimate of drug-likeness (QED) is 0.725. The Morgan fingerprint density at radius 3 is 2.66 bits per heavy atom. The highest BCUT2D eigenvalue weighted by atomic mass is 16.7. The number of hydrogen-bond acceptors (Lipinski definition) is 6. The highest BCUT2D eigenvalue weighted by molar-refractivity contribution is 6.00. The second-order valence-corrected chi connectivity index (χ2v) is 6.92.